The zero-order chi connectivity index (χ0) is 11.5. The van der Waals surface area contributed by atoms with Crippen LogP contribution in [0.2, 0.25) is 5.02 Å². The number of hydrogen-bond acceptors (Lipinski definition) is 3. The van der Waals surface area contributed by atoms with Gasteiger partial charge < -0.3 is 15.4 Å². The number of benzene rings is 1. The maximum atomic E-state index is 11.4. The predicted molar refractivity (Wildman–Crippen MR) is 61.3 cm³/mol. The first-order valence-electron chi connectivity index (χ1n) is 5.12. The van der Waals surface area contributed by atoms with Gasteiger partial charge in [-0.05, 0) is 17.7 Å². The van der Waals surface area contributed by atoms with Gasteiger partial charge >= 0.3 is 6.09 Å². The summed E-state index contributed by atoms with van der Waals surface area (Å²) in [6, 6.07) is 7.35. The van der Waals surface area contributed by atoms with Gasteiger partial charge in [-0.3, -0.25) is 0 Å². The van der Waals surface area contributed by atoms with E-state index in [1.54, 1.807) is 11.0 Å². The molecule has 2 rings (SSSR count). The van der Waals surface area contributed by atoms with Crippen molar-refractivity contribution >= 4 is 17.7 Å². The highest BCUT2D eigenvalue weighted by Gasteiger charge is 2.31. The zero-order valence-corrected chi connectivity index (χ0v) is 9.48. The van der Waals surface area contributed by atoms with Crippen molar-refractivity contribution in [2.75, 3.05) is 19.6 Å². The number of amides is 1. The van der Waals surface area contributed by atoms with Crippen LogP contribution in [-0.2, 0) is 4.74 Å². The molecule has 0 aromatic heterocycles. The second-order valence-corrected chi connectivity index (χ2v) is 4.10. The maximum absolute atomic E-state index is 11.4. The monoisotopic (exact) mass is 240 g/mol. The summed E-state index contributed by atoms with van der Waals surface area (Å²) in [5, 5.41) is 0.644. The van der Waals surface area contributed by atoms with Crippen LogP contribution in [0.5, 0.6) is 0 Å². The average Bonchev–Trinajstić information content (AvgIpc) is 2.61. The minimum absolute atomic E-state index is 0.238. The second-order valence-electron chi connectivity index (χ2n) is 3.66. The molecule has 0 radical (unpaired) electrons. The number of nitrogens with two attached hydrogens (primary N) is 1. The number of carbonyl (C=O) groups excluding carboxylic acids is 1. The summed E-state index contributed by atoms with van der Waals surface area (Å²) in [7, 11) is 0. The lowest BCUT2D eigenvalue weighted by molar-refractivity contribution is 0.133. The van der Waals surface area contributed by atoms with E-state index in [2.05, 4.69) is 0 Å². The number of halogens is 1. The molecular weight excluding hydrogens is 228 g/mol. The van der Waals surface area contributed by atoms with Crippen molar-refractivity contribution in [3.8, 4) is 0 Å². The second kappa shape index (κ2) is 4.72. The van der Waals surface area contributed by atoms with Crippen molar-refractivity contribution in [3.63, 3.8) is 0 Å². The third-order valence-corrected chi connectivity index (χ3v) is 2.74. The van der Waals surface area contributed by atoms with Crippen LogP contribution in [-0.4, -0.2) is 30.6 Å². The Kier molecular flexibility index (Phi) is 3.31. The van der Waals surface area contributed by atoms with Crippen molar-refractivity contribution in [2.45, 2.75) is 6.10 Å². The standard InChI is InChI=1S/C11H13ClN2O2/c12-9-3-1-2-8(6-9)10-7-14(5-4-13)11(15)16-10/h1-3,6,10H,4-5,7,13H2. The van der Waals surface area contributed by atoms with Gasteiger partial charge in [0, 0.05) is 18.1 Å². The molecule has 0 spiro atoms. The number of cyclic esters (lactones) is 1. The molecular formula is C11H13ClN2O2. The molecule has 1 atom stereocenters. The normalized spacial score (nSPS) is 20.0. The highest BCUT2D eigenvalue weighted by Crippen LogP contribution is 2.27. The Labute approximate surface area is 98.9 Å². The number of hydrogen-bond donors (Lipinski definition) is 1. The van der Waals surface area contributed by atoms with E-state index in [1.165, 1.54) is 0 Å². The van der Waals surface area contributed by atoms with Gasteiger partial charge in [-0.15, -0.1) is 0 Å². The van der Waals surface area contributed by atoms with E-state index in [9.17, 15) is 4.79 Å². The van der Waals surface area contributed by atoms with Crippen LogP contribution in [0.25, 0.3) is 0 Å². The SMILES string of the molecule is NCCN1CC(c2cccc(Cl)c2)OC1=O. The lowest BCUT2D eigenvalue weighted by atomic mass is 10.1. The van der Waals surface area contributed by atoms with E-state index in [1.807, 2.05) is 18.2 Å². The Morgan fingerprint density at radius 1 is 1.56 bits per heavy atom. The molecule has 1 unspecified atom stereocenters. The lowest BCUT2D eigenvalue weighted by Gasteiger charge is -2.10. The van der Waals surface area contributed by atoms with Gasteiger partial charge in [0.25, 0.3) is 0 Å². The first-order valence-corrected chi connectivity index (χ1v) is 5.49. The summed E-state index contributed by atoms with van der Waals surface area (Å²) >= 11 is 5.88. The first kappa shape index (κ1) is 11.2. The quantitative estimate of drug-likeness (QED) is 0.877. The minimum atomic E-state index is -0.310. The number of rotatable bonds is 3. The zero-order valence-electron chi connectivity index (χ0n) is 8.73. The van der Waals surface area contributed by atoms with Crippen LogP contribution in [0, 0.1) is 0 Å². The van der Waals surface area contributed by atoms with Crippen molar-refractivity contribution in [1.82, 2.24) is 4.90 Å². The van der Waals surface area contributed by atoms with Gasteiger partial charge in [0.15, 0.2) is 0 Å². The van der Waals surface area contributed by atoms with E-state index in [0.717, 1.165) is 5.56 Å². The van der Waals surface area contributed by atoms with E-state index in [0.29, 0.717) is 24.7 Å². The van der Waals surface area contributed by atoms with Gasteiger partial charge in [-0.2, -0.15) is 0 Å². The van der Waals surface area contributed by atoms with Crippen molar-refractivity contribution < 1.29 is 9.53 Å². The highest BCUT2D eigenvalue weighted by molar-refractivity contribution is 6.30. The first-order chi connectivity index (χ1) is 7.70. The van der Waals surface area contributed by atoms with Crippen molar-refractivity contribution in [1.29, 1.82) is 0 Å². The molecule has 0 bridgehead atoms. The van der Waals surface area contributed by atoms with E-state index < -0.39 is 0 Å². The molecule has 0 saturated carbocycles. The molecule has 0 aliphatic carbocycles. The largest absolute Gasteiger partial charge is 0.439 e. The van der Waals surface area contributed by atoms with Gasteiger partial charge in [0.05, 0.1) is 6.54 Å². The van der Waals surface area contributed by atoms with Crippen LogP contribution in [0.4, 0.5) is 4.79 Å². The van der Waals surface area contributed by atoms with Crippen molar-refractivity contribution in [3.05, 3.63) is 34.9 Å². The summed E-state index contributed by atoms with van der Waals surface area (Å²) < 4.78 is 5.24. The van der Waals surface area contributed by atoms with Crippen LogP contribution in [0.3, 0.4) is 0 Å². The molecule has 1 fully saturated rings. The fourth-order valence-electron chi connectivity index (χ4n) is 1.73. The average molecular weight is 241 g/mol. The number of carbonyl (C=O) groups is 1. The summed E-state index contributed by atoms with van der Waals surface area (Å²) in [5.74, 6) is 0. The number of ether oxygens (including phenoxy) is 1. The predicted octanol–water partition coefficient (Wildman–Crippen LogP) is 1.79. The highest BCUT2D eigenvalue weighted by atomic mass is 35.5. The van der Waals surface area contributed by atoms with E-state index in [-0.39, 0.29) is 12.2 Å². The van der Waals surface area contributed by atoms with Gasteiger partial charge in [0.2, 0.25) is 0 Å². The third-order valence-electron chi connectivity index (χ3n) is 2.51. The van der Waals surface area contributed by atoms with Crippen LogP contribution < -0.4 is 5.73 Å². The van der Waals surface area contributed by atoms with Crippen molar-refractivity contribution in [2.24, 2.45) is 5.73 Å². The minimum Gasteiger partial charge on any atom is -0.439 e. The van der Waals surface area contributed by atoms with Gasteiger partial charge in [0.1, 0.15) is 6.10 Å². The fourth-order valence-corrected chi connectivity index (χ4v) is 1.93. The van der Waals surface area contributed by atoms with E-state index in [4.69, 9.17) is 22.1 Å². The smallest absolute Gasteiger partial charge is 0.410 e. The maximum Gasteiger partial charge on any atom is 0.410 e. The summed E-state index contributed by atoms with van der Waals surface area (Å²) in [6.45, 7) is 1.50. The Balaban J connectivity index is 2.10. The summed E-state index contributed by atoms with van der Waals surface area (Å²) in [5.41, 5.74) is 6.33. The molecule has 1 heterocycles. The third kappa shape index (κ3) is 2.28. The molecule has 1 amide bonds. The van der Waals surface area contributed by atoms with Gasteiger partial charge in [-0.1, -0.05) is 23.7 Å². The topological polar surface area (TPSA) is 55.6 Å². The van der Waals surface area contributed by atoms with Crippen LogP contribution >= 0.6 is 11.6 Å². The van der Waals surface area contributed by atoms with Gasteiger partial charge in [-0.25, -0.2) is 4.79 Å². The number of nitrogens with zero attached hydrogens (tertiary/aromatic N) is 1. The van der Waals surface area contributed by atoms with Crippen LogP contribution in [0.15, 0.2) is 24.3 Å². The Morgan fingerprint density at radius 2 is 2.38 bits per heavy atom. The van der Waals surface area contributed by atoms with E-state index >= 15 is 0 Å². The summed E-state index contributed by atoms with van der Waals surface area (Å²) in [6.07, 6.45) is -0.548. The molecule has 16 heavy (non-hydrogen) atoms. The van der Waals surface area contributed by atoms with Crippen LogP contribution in [0.1, 0.15) is 11.7 Å². The molecule has 4 nitrogen and oxygen atoms in total. The Morgan fingerprint density at radius 3 is 3.06 bits per heavy atom. The fraction of sp³-hybridized carbons (Fsp3) is 0.364. The lowest BCUT2D eigenvalue weighted by Crippen LogP contribution is -2.30. The summed E-state index contributed by atoms with van der Waals surface area (Å²) in [4.78, 5) is 13.1. The molecule has 86 valence electrons. The molecule has 5 heteroatoms. The molecule has 1 aromatic rings. The molecule has 1 aromatic carbocycles. The molecule has 2 N–H and O–H groups in total. The molecule has 1 aliphatic heterocycles. The Bertz CT molecular complexity index is 397. The Hall–Kier alpha value is -1.26. The molecule has 1 saturated heterocycles. The molecule has 1 aliphatic rings.